The summed E-state index contributed by atoms with van der Waals surface area (Å²) in [4.78, 5) is 0. The first-order valence-electron chi connectivity index (χ1n) is 5.62. The van der Waals surface area contributed by atoms with Gasteiger partial charge in [0, 0.05) is 19.8 Å². The van der Waals surface area contributed by atoms with Crippen LogP contribution in [0.3, 0.4) is 0 Å². The Morgan fingerprint density at radius 2 is 1.85 bits per heavy atom. The van der Waals surface area contributed by atoms with Crippen LogP contribution in [0.4, 0.5) is 0 Å². The summed E-state index contributed by atoms with van der Waals surface area (Å²) < 4.78 is 5.56. The van der Waals surface area contributed by atoms with Crippen LogP contribution in [0.1, 0.15) is 44.9 Å². The van der Waals surface area contributed by atoms with E-state index < -0.39 is 0 Å². The minimum absolute atomic E-state index is 0.298. The van der Waals surface area contributed by atoms with Crippen LogP contribution in [0.15, 0.2) is 0 Å². The fourth-order valence-electron chi connectivity index (χ4n) is 1.92. The zero-order valence-corrected chi connectivity index (χ0v) is 8.50. The normalized spacial score (nSPS) is 19.2. The van der Waals surface area contributed by atoms with Gasteiger partial charge in [-0.25, -0.2) is 0 Å². The van der Waals surface area contributed by atoms with Gasteiger partial charge in [-0.05, 0) is 31.6 Å². The number of hydrogen-bond acceptors (Lipinski definition) is 2. The van der Waals surface area contributed by atoms with Gasteiger partial charge in [-0.15, -0.1) is 0 Å². The molecule has 1 N–H and O–H groups in total. The Labute approximate surface area is 81.3 Å². The summed E-state index contributed by atoms with van der Waals surface area (Å²) in [6.07, 6.45) is 8.81. The molecule has 1 saturated carbocycles. The van der Waals surface area contributed by atoms with Crippen LogP contribution in [0.2, 0.25) is 0 Å². The van der Waals surface area contributed by atoms with Crippen LogP contribution < -0.4 is 0 Å². The molecular weight excluding hydrogens is 164 g/mol. The molecule has 0 heterocycles. The van der Waals surface area contributed by atoms with E-state index in [1.165, 1.54) is 32.1 Å². The van der Waals surface area contributed by atoms with Crippen molar-refractivity contribution in [2.24, 2.45) is 5.92 Å². The van der Waals surface area contributed by atoms with Gasteiger partial charge in [-0.3, -0.25) is 0 Å². The first-order valence-corrected chi connectivity index (χ1v) is 5.62. The topological polar surface area (TPSA) is 29.5 Å². The third-order valence-electron chi connectivity index (χ3n) is 2.78. The fourth-order valence-corrected chi connectivity index (χ4v) is 1.92. The highest BCUT2D eigenvalue weighted by molar-refractivity contribution is 4.64. The third-order valence-corrected chi connectivity index (χ3v) is 2.78. The van der Waals surface area contributed by atoms with E-state index in [0.29, 0.717) is 6.61 Å². The van der Waals surface area contributed by atoms with Crippen molar-refractivity contribution in [3.8, 4) is 0 Å². The van der Waals surface area contributed by atoms with Crippen molar-refractivity contribution in [2.45, 2.75) is 44.9 Å². The Balaban J connectivity index is 1.86. The highest BCUT2D eigenvalue weighted by Crippen LogP contribution is 2.23. The number of ether oxygens (including phenoxy) is 1. The second-order valence-electron chi connectivity index (χ2n) is 4.01. The summed E-state index contributed by atoms with van der Waals surface area (Å²) >= 11 is 0. The van der Waals surface area contributed by atoms with Crippen molar-refractivity contribution in [1.29, 1.82) is 0 Å². The van der Waals surface area contributed by atoms with Gasteiger partial charge in [0.25, 0.3) is 0 Å². The Morgan fingerprint density at radius 3 is 2.54 bits per heavy atom. The lowest BCUT2D eigenvalue weighted by molar-refractivity contribution is 0.0801. The minimum Gasteiger partial charge on any atom is -0.396 e. The molecule has 0 bridgehead atoms. The summed E-state index contributed by atoms with van der Waals surface area (Å²) in [7, 11) is 0. The van der Waals surface area contributed by atoms with E-state index in [0.717, 1.165) is 32.0 Å². The molecule has 0 aliphatic heterocycles. The van der Waals surface area contributed by atoms with E-state index in [-0.39, 0.29) is 0 Å². The minimum atomic E-state index is 0.298. The lowest BCUT2D eigenvalue weighted by Crippen LogP contribution is -2.13. The second-order valence-corrected chi connectivity index (χ2v) is 4.01. The molecule has 1 aliphatic rings. The average molecular weight is 186 g/mol. The van der Waals surface area contributed by atoms with E-state index in [4.69, 9.17) is 9.84 Å². The Kier molecular flexibility index (Phi) is 6.21. The van der Waals surface area contributed by atoms with Gasteiger partial charge in [-0.2, -0.15) is 0 Å². The molecular formula is C11H22O2. The first kappa shape index (κ1) is 11.0. The lowest BCUT2D eigenvalue weighted by Gasteiger charge is -2.21. The van der Waals surface area contributed by atoms with Gasteiger partial charge in [0.15, 0.2) is 0 Å². The van der Waals surface area contributed by atoms with E-state index >= 15 is 0 Å². The van der Waals surface area contributed by atoms with Crippen molar-refractivity contribution >= 4 is 0 Å². The van der Waals surface area contributed by atoms with Crippen molar-refractivity contribution in [1.82, 2.24) is 0 Å². The highest BCUT2D eigenvalue weighted by atomic mass is 16.5. The Bertz CT molecular complexity index is 109. The lowest BCUT2D eigenvalue weighted by atomic mass is 9.90. The smallest absolute Gasteiger partial charge is 0.0494 e. The van der Waals surface area contributed by atoms with Crippen LogP contribution in [-0.4, -0.2) is 24.9 Å². The van der Waals surface area contributed by atoms with Crippen LogP contribution >= 0.6 is 0 Å². The van der Waals surface area contributed by atoms with Gasteiger partial charge in [0.05, 0.1) is 0 Å². The third kappa shape index (κ3) is 5.27. The zero-order chi connectivity index (χ0) is 9.36. The highest BCUT2D eigenvalue weighted by Gasteiger charge is 2.12. The number of rotatable bonds is 6. The molecule has 0 aromatic rings. The molecule has 0 spiro atoms. The first-order chi connectivity index (χ1) is 6.43. The van der Waals surface area contributed by atoms with Gasteiger partial charge in [0.2, 0.25) is 0 Å². The molecule has 0 atom stereocenters. The molecule has 0 radical (unpaired) electrons. The average Bonchev–Trinajstić information content (AvgIpc) is 2.19. The summed E-state index contributed by atoms with van der Waals surface area (Å²) in [5.74, 6) is 0.822. The maximum absolute atomic E-state index is 8.56. The Hall–Kier alpha value is -0.0800. The molecule has 0 unspecified atom stereocenters. The van der Waals surface area contributed by atoms with Crippen molar-refractivity contribution in [3.05, 3.63) is 0 Å². The molecule has 13 heavy (non-hydrogen) atoms. The molecule has 1 aliphatic carbocycles. The Morgan fingerprint density at radius 1 is 1.08 bits per heavy atom. The number of unbranched alkanes of at least 4 members (excludes halogenated alkanes) is 1. The molecule has 78 valence electrons. The van der Waals surface area contributed by atoms with E-state index in [1.54, 1.807) is 0 Å². The zero-order valence-electron chi connectivity index (χ0n) is 8.50. The standard InChI is InChI=1S/C11H22O2/c12-8-4-5-9-13-10-11-6-2-1-3-7-11/h11-12H,1-10H2. The number of aliphatic hydroxyl groups excluding tert-OH is 1. The van der Waals surface area contributed by atoms with Crippen LogP contribution in [0.5, 0.6) is 0 Å². The predicted molar refractivity (Wildman–Crippen MR) is 53.7 cm³/mol. The summed E-state index contributed by atoms with van der Waals surface area (Å²) in [5, 5.41) is 8.56. The summed E-state index contributed by atoms with van der Waals surface area (Å²) in [6.45, 7) is 2.08. The van der Waals surface area contributed by atoms with Crippen LogP contribution in [0, 0.1) is 5.92 Å². The quantitative estimate of drug-likeness (QED) is 0.645. The van der Waals surface area contributed by atoms with Gasteiger partial charge < -0.3 is 9.84 Å². The number of aliphatic hydroxyl groups is 1. The molecule has 2 nitrogen and oxygen atoms in total. The molecule has 2 heteroatoms. The second kappa shape index (κ2) is 7.34. The monoisotopic (exact) mass is 186 g/mol. The van der Waals surface area contributed by atoms with E-state index in [2.05, 4.69) is 0 Å². The van der Waals surface area contributed by atoms with Crippen LogP contribution in [-0.2, 0) is 4.74 Å². The molecule has 1 fully saturated rings. The van der Waals surface area contributed by atoms with E-state index in [9.17, 15) is 0 Å². The van der Waals surface area contributed by atoms with Crippen molar-refractivity contribution < 1.29 is 9.84 Å². The molecule has 1 rings (SSSR count). The number of hydrogen-bond donors (Lipinski definition) is 1. The maximum Gasteiger partial charge on any atom is 0.0494 e. The van der Waals surface area contributed by atoms with Crippen molar-refractivity contribution in [3.63, 3.8) is 0 Å². The SMILES string of the molecule is OCCCCOCC1CCCCC1. The predicted octanol–water partition coefficient (Wildman–Crippen LogP) is 2.36. The van der Waals surface area contributed by atoms with Gasteiger partial charge in [0.1, 0.15) is 0 Å². The summed E-state index contributed by atoms with van der Waals surface area (Å²) in [6, 6.07) is 0. The maximum atomic E-state index is 8.56. The fraction of sp³-hybridized carbons (Fsp3) is 1.00. The molecule has 0 amide bonds. The van der Waals surface area contributed by atoms with Gasteiger partial charge in [-0.1, -0.05) is 19.3 Å². The van der Waals surface area contributed by atoms with E-state index in [1.807, 2.05) is 0 Å². The largest absolute Gasteiger partial charge is 0.396 e. The summed E-state index contributed by atoms with van der Waals surface area (Å²) in [5.41, 5.74) is 0. The molecule has 0 aromatic heterocycles. The van der Waals surface area contributed by atoms with Crippen LogP contribution in [0.25, 0.3) is 0 Å². The molecule has 0 saturated heterocycles. The van der Waals surface area contributed by atoms with Gasteiger partial charge >= 0.3 is 0 Å². The van der Waals surface area contributed by atoms with Crippen molar-refractivity contribution in [2.75, 3.05) is 19.8 Å². The molecule has 0 aromatic carbocycles.